The second-order valence-corrected chi connectivity index (χ2v) is 9.00. The van der Waals surface area contributed by atoms with Gasteiger partial charge in [-0.25, -0.2) is 0 Å². The summed E-state index contributed by atoms with van der Waals surface area (Å²) in [5.41, 5.74) is 1.87. The summed E-state index contributed by atoms with van der Waals surface area (Å²) in [5.74, 6) is 0.0552. The van der Waals surface area contributed by atoms with Gasteiger partial charge in [-0.3, -0.25) is 8.98 Å². The van der Waals surface area contributed by atoms with E-state index in [0.29, 0.717) is 12.2 Å². The molecule has 0 spiro atoms. The van der Waals surface area contributed by atoms with Crippen molar-refractivity contribution in [3.8, 4) is 5.75 Å². The first kappa shape index (κ1) is 21.3. The van der Waals surface area contributed by atoms with Crippen LogP contribution in [0.1, 0.15) is 36.0 Å². The van der Waals surface area contributed by atoms with E-state index in [-0.39, 0.29) is 24.0 Å². The van der Waals surface area contributed by atoms with Gasteiger partial charge in [0.15, 0.2) is 0 Å². The Balaban J connectivity index is 1.86. The van der Waals surface area contributed by atoms with E-state index in [0.717, 1.165) is 16.7 Å². The molecule has 0 aliphatic heterocycles. The number of esters is 1. The number of methoxy groups -OCH3 is 1. The normalized spacial score (nSPS) is 20.9. The van der Waals surface area contributed by atoms with Crippen molar-refractivity contribution in [3.63, 3.8) is 0 Å². The summed E-state index contributed by atoms with van der Waals surface area (Å²) >= 11 is 0. The van der Waals surface area contributed by atoms with Crippen LogP contribution in [0.25, 0.3) is 0 Å². The number of hydrogen-bond acceptors (Lipinski definition) is 6. The van der Waals surface area contributed by atoms with Crippen LogP contribution in [0, 0.1) is 19.3 Å². The molecule has 0 unspecified atom stereocenters. The van der Waals surface area contributed by atoms with Crippen molar-refractivity contribution in [1.29, 1.82) is 0 Å². The standard InChI is InChI=1S/C22H26O6S/c1-5-27-21(23)22(13-20(22)19-12-17(26-4)9-8-16(19)3)14-28-29(24,25)18-10-6-15(2)7-11-18/h6-12,20H,5,13-14H2,1-4H3/t20-,22-/m0/s1. The maximum atomic E-state index is 12.7. The molecule has 0 bridgehead atoms. The predicted molar refractivity (Wildman–Crippen MR) is 108 cm³/mol. The Morgan fingerprint density at radius 2 is 1.83 bits per heavy atom. The lowest BCUT2D eigenvalue weighted by Crippen LogP contribution is -2.28. The molecule has 1 saturated carbocycles. The number of hydrogen-bond donors (Lipinski definition) is 0. The fourth-order valence-electron chi connectivity index (χ4n) is 3.51. The first-order valence-electron chi connectivity index (χ1n) is 9.51. The molecule has 0 heterocycles. The molecule has 1 aliphatic carbocycles. The van der Waals surface area contributed by atoms with Gasteiger partial charge < -0.3 is 9.47 Å². The minimum atomic E-state index is -3.98. The Labute approximate surface area is 171 Å². The van der Waals surface area contributed by atoms with Crippen LogP contribution >= 0.6 is 0 Å². The molecular weight excluding hydrogens is 392 g/mol. The summed E-state index contributed by atoms with van der Waals surface area (Å²) < 4.78 is 41.1. The minimum Gasteiger partial charge on any atom is -0.497 e. The van der Waals surface area contributed by atoms with E-state index in [2.05, 4.69) is 0 Å². The Hall–Kier alpha value is -2.38. The van der Waals surface area contributed by atoms with Crippen molar-refractivity contribution >= 4 is 16.1 Å². The molecule has 0 amide bonds. The van der Waals surface area contributed by atoms with Crippen molar-refractivity contribution in [2.24, 2.45) is 5.41 Å². The topological polar surface area (TPSA) is 78.9 Å². The van der Waals surface area contributed by atoms with Crippen molar-refractivity contribution < 1.29 is 26.9 Å². The molecule has 0 N–H and O–H groups in total. The van der Waals surface area contributed by atoms with Gasteiger partial charge in [0.25, 0.3) is 10.1 Å². The smallest absolute Gasteiger partial charge is 0.315 e. The highest BCUT2D eigenvalue weighted by molar-refractivity contribution is 7.86. The van der Waals surface area contributed by atoms with Crippen LogP contribution in [0.4, 0.5) is 0 Å². The molecule has 6 nitrogen and oxygen atoms in total. The van der Waals surface area contributed by atoms with E-state index in [4.69, 9.17) is 13.7 Å². The highest BCUT2D eigenvalue weighted by Gasteiger charge is 2.63. The van der Waals surface area contributed by atoms with Crippen LogP contribution in [0.3, 0.4) is 0 Å². The third-order valence-electron chi connectivity index (χ3n) is 5.40. The Morgan fingerprint density at radius 1 is 1.14 bits per heavy atom. The summed E-state index contributed by atoms with van der Waals surface area (Å²) in [6.45, 7) is 5.51. The first-order chi connectivity index (χ1) is 13.7. The van der Waals surface area contributed by atoms with Gasteiger partial charge in [0.2, 0.25) is 0 Å². The van der Waals surface area contributed by atoms with Gasteiger partial charge in [0.05, 0.1) is 25.2 Å². The van der Waals surface area contributed by atoms with Crippen LogP contribution in [0.15, 0.2) is 47.4 Å². The molecule has 29 heavy (non-hydrogen) atoms. The minimum absolute atomic E-state index is 0.0665. The van der Waals surface area contributed by atoms with E-state index in [1.807, 2.05) is 32.0 Å². The Kier molecular flexibility index (Phi) is 6.00. The maximum Gasteiger partial charge on any atom is 0.315 e. The molecular formula is C22H26O6S. The predicted octanol–water partition coefficient (Wildman–Crippen LogP) is 3.75. The van der Waals surface area contributed by atoms with Gasteiger partial charge >= 0.3 is 5.97 Å². The van der Waals surface area contributed by atoms with Crippen LogP contribution < -0.4 is 4.74 Å². The fourth-order valence-corrected chi connectivity index (χ4v) is 4.48. The van der Waals surface area contributed by atoms with Crippen molar-refractivity contribution in [2.75, 3.05) is 20.3 Å². The quantitative estimate of drug-likeness (QED) is 0.480. The summed E-state index contributed by atoms with van der Waals surface area (Å²) in [6, 6.07) is 12.1. The van der Waals surface area contributed by atoms with Crippen molar-refractivity contribution in [3.05, 3.63) is 59.2 Å². The lowest BCUT2D eigenvalue weighted by Gasteiger charge is -2.17. The molecule has 0 radical (unpaired) electrons. The molecule has 7 heteroatoms. The molecule has 2 aromatic rings. The van der Waals surface area contributed by atoms with Gasteiger partial charge in [-0.15, -0.1) is 0 Å². The summed E-state index contributed by atoms with van der Waals surface area (Å²) in [7, 11) is -2.40. The van der Waals surface area contributed by atoms with Gasteiger partial charge in [-0.2, -0.15) is 8.42 Å². The summed E-state index contributed by atoms with van der Waals surface area (Å²) in [4.78, 5) is 12.8. The lowest BCUT2D eigenvalue weighted by atomic mass is 9.96. The molecule has 1 aliphatic rings. The highest BCUT2D eigenvalue weighted by atomic mass is 32.2. The second-order valence-electron chi connectivity index (χ2n) is 7.39. The summed E-state index contributed by atoms with van der Waals surface area (Å²) in [5, 5.41) is 0. The molecule has 156 valence electrons. The number of carbonyl (C=O) groups is 1. The van der Waals surface area contributed by atoms with Crippen LogP contribution in [0.2, 0.25) is 0 Å². The zero-order valence-electron chi connectivity index (χ0n) is 17.1. The van der Waals surface area contributed by atoms with Crippen LogP contribution in [-0.2, 0) is 23.8 Å². The van der Waals surface area contributed by atoms with Gasteiger partial charge in [-0.1, -0.05) is 23.8 Å². The molecule has 1 fully saturated rings. The Morgan fingerprint density at radius 3 is 2.45 bits per heavy atom. The van der Waals surface area contributed by atoms with Gasteiger partial charge in [-0.05, 0) is 62.6 Å². The number of carbonyl (C=O) groups excluding carboxylic acids is 1. The lowest BCUT2D eigenvalue weighted by molar-refractivity contribution is -0.151. The average molecular weight is 419 g/mol. The number of ether oxygens (including phenoxy) is 2. The van der Waals surface area contributed by atoms with E-state index in [9.17, 15) is 13.2 Å². The highest BCUT2D eigenvalue weighted by Crippen LogP contribution is 2.61. The van der Waals surface area contributed by atoms with Crippen LogP contribution in [0.5, 0.6) is 5.75 Å². The molecule has 0 saturated heterocycles. The fraction of sp³-hybridized carbons (Fsp3) is 0.409. The monoisotopic (exact) mass is 418 g/mol. The molecule has 0 aromatic heterocycles. The third kappa shape index (κ3) is 4.31. The van der Waals surface area contributed by atoms with Crippen LogP contribution in [-0.4, -0.2) is 34.7 Å². The van der Waals surface area contributed by atoms with E-state index in [1.165, 1.54) is 12.1 Å². The Bertz CT molecular complexity index is 996. The van der Waals surface area contributed by atoms with E-state index < -0.39 is 21.5 Å². The van der Waals surface area contributed by atoms with E-state index >= 15 is 0 Å². The number of aryl methyl sites for hydroxylation is 2. The third-order valence-corrected chi connectivity index (χ3v) is 6.68. The van der Waals surface area contributed by atoms with Gasteiger partial charge in [0, 0.05) is 5.92 Å². The zero-order valence-corrected chi connectivity index (χ0v) is 17.9. The van der Waals surface area contributed by atoms with Crippen molar-refractivity contribution in [1.82, 2.24) is 0 Å². The summed E-state index contributed by atoms with van der Waals surface area (Å²) in [6.07, 6.45) is 0.462. The number of benzene rings is 2. The molecule has 2 aromatic carbocycles. The SMILES string of the molecule is CCOC(=O)[C@]1(COS(=O)(=O)c2ccc(C)cc2)C[C@H]1c1cc(OC)ccc1C. The van der Waals surface area contributed by atoms with E-state index in [1.54, 1.807) is 26.2 Å². The first-order valence-corrected chi connectivity index (χ1v) is 10.9. The van der Waals surface area contributed by atoms with Crippen molar-refractivity contribution in [2.45, 2.75) is 38.0 Å². The maximum absolute atomic E-state index is 12.7. The molecule has 2 atom stereocenters. The number of rotatable bonds is 8. The average Bonchev–Trinajstić information content (AvgIpc) is 3.43. The largest absolute Gasteiger partial charge is 0.497 e. The second kappa shape index (κ2) is 8.16. The molecule has 3 rings (SSSR count). The van der Waals surface area contributed by atoms with Gasteiger partial charge in [0.1, 0.15) is 11.2 Å². The zero-order chi connectivity index (χ0) is 21.2.